The smallest absolute Gasteiger partial charge is 0.144 e. The number of aromatic nitrogens is 2. The van der Waals surface area contributed by atoms with Gasteiger partial charge in [-0.2, -0.15) is 0 Å². The molecule has 2 aromatic rings. The van der Waals surface area contributed by atoms with Crippen molar-refractivity contribution in [2.24, 2.45) is 5.73 Å². The first-order valence-electron chi connectivity index (χ1n) is 5.56. The maximum Gasteiger partial charge on any atom is 0.144 e. The maximum absolute atomic E-state index is 5.95. The van der Waals surface area contributed by atoms with Gasteiger partial charge >= 0.3 is 0 Å². The van der Waals surface area contributed by atoms with Gasteiger partial charge in [-0.25, -0.2) is 9.97 Å². The number of hydrogen-bond acceptors (Lipinski definition) is 4. The van der Waals surface area contributed by atoms with Crippen LogP contribution in [0.4, 0.5) is 0 Å². The van der Waals surface area contributed by atoms with Gasteiger partial charge in [0.25, 0.3) is 0 Å². The van der Waals surface area contributed by atoms with Gasteiger partial charge in [0.2, 0.25) is 0 Å². The van der Waals surface area contributed by atoms with Crippen LogP contribution >= 0.6 is 0 Å². The van der Waals surface area contributed by atoms with Crippen molar-refractivity contribution in [3.8, 4) is 5.75 Å². The molecule has 1 atom stereocenters. The minimum Gasteiger partial charge on any atom is -0.494 e. The lowest BCUT2D eigenvalue weighted by Crippen LogP contribution is -2.16. The maximum atomic E-state index is 5.95. The van der Waals surface area contributed by atoms with Crippen molar-refractivity contribution in [1.29, 1.82) is 0 Å². The van der Waals surface area contributed by atoms with E-state index in [0.29, 0.717) is 18.9 Å². The molecule has 0 amide bonds. The summed E-state index contributed by atoms with van der Waals surface area (Å²) < 4.78 is 5.56. The summed E-state index contributed by atoms with van der Waals surface area (Å²) in [4.78, 5) is 8.23. The lowest BCUT2D eigenvalue weighted by atomic mass is 10.2. The molecular weight excluding hydrogens is 214 g/mol. The molecular formula is C13H15N3O. The van der Waals surface area contributed by atoms with Crippen LogP contribution in [0.2, 0.25) is 0 Å². The van der Waals surface area contributed by atoms with Crippen LogP contribution in [0.1, 0.15) is 18.3 Å². The van der Waals surface area contributed by atoms with E-state index in [9.17, 15) is 0 Å². The second-order valence-corrected chi connectivity index (χ2v) is 3.66. The summed E-state index contributed by atoms with van der Waals surface area (Å²) in [6, 6.07) is 11.3. The van der Waals surface area contributed by atoms with Crippen molar-refractivity contribution in [3.63, 3.8) is 0 Å². The Hall–Kier alpha value is -1.94. The van der Waals surface area contributed by atoms with Crippen LogP contribution in [-0.2, 0) is 0 Å². The predicted octanol–water partition coefficient (Wildman–Crippen LogP) is 1.95. The Morgan fingerprint density at radius 3 is 2.47 bits per heavy atom. The third-order valence-corrected chi connectivity index (χ3v) is 2.36. The van der Waals surface area contributed by atoms with E-state index in [2.05, 4.69) is 9.97 Å². The predicted molar refractivity (Wildman–Crippen MR) is 65.5 cm³/mol. The molecule has 17 heavy (non-hydrogen) atoms. The van der Waals surface area contributed by atoms with Gasteiger partial charge in [-0.3, -0.25) is 0 Å². The molecule has 0 radical (unpaired) electrons. The van der Waals surface area contributed by atoms with Gasteiger partial charge in [-0.15, -0.1) is 0 Å². The highest BCUT2D eigenvalue weighted by atomic mass is 16.5. The molecule has 0 fully saturated rings. The van der Waals surface area contributed by atoms with Crippen molar-refractivity contribution < 1.29 is 4.74 Å². The van der Waals surface area contributed by atoms with Crippen molar-refractivity contribution in [3.05, 3.63) is 54.6 Å². The van der Waals surface area contributed by atoms with Gasteiger partial charge in [0.1, 0.15) is 11.6 Å². The summed E-state index contributed by atoms with van der Waals surface area (Å²) in [7, 11) is 0. The summed E-state index contributed by atoms with van der Waals surface area (Å²) >= 11 is 0. The Morgan fingerprint density at radius 2 is 1.76 bits per heavy atom. The van der Waals surface area contributed by atoms with E-state index >= 15 is 0 Å². The second-order valence-electron chi connectivity index (χ2n) is 3.66. The molecule has 1 unspecified atom stereocenters. The van der Waals surface area contributed by atoms with E-state index in [4.69, 9.17) is 10.5 Å². The van der Waals surface area contributed by atoms with Gasteiger partial charge in [-0.1, -0.05) is 18.2 Å². The lowest BCUT2D eigenvalue weighted by molar-refractivity contribution is 0.296. The normalized spacial score (nSPS) is 12.1. The summed E-state index contributed by atoms with van der Waals surface area (Å²) in [5, 5.41) is 0. The summed E-state index contributed by atoms with van der Waals surface area (Å²) in [6.45, 7) is 0.559. The molecule has 0 saturated heterocycles. The van der Waals surface area contributed by atoms with E-state index in [1.807, 2.05) is 30.3 Å². The molecule has 0 spiro atoms. The van der Waals surface area contributed by atoms with E-state index in [-0.39, 0.29) is 6.04 Å². The van der Waals surface area contributed by atoms with E-state index < -0.39 is 0 Å². The number of ether oxygens (including phenoxy) is 1. The Morgan fingerprint density at radius 1 is 1.06 bits per heavy atom. The molecule has 2 rings (SSSR count). The standard InChI is InChI=1S/C13H15N3O/c14-12(13-15-8-4-9-16-13)7-10-17-11-5-2-1-3-6-11/h1-6,8-9,12H,7,10,14H2. The average molecular weight is 229 g/mol. The first-order valence-corrected chi connectivity index (χ1v) is 5.56. The van der Waals surface area contributed by atoms with E-state index in [1.165, 1.54) is 0 Å². The number of hydrogen-bond donors (Lipinski definition) is 1. The molecule has 1 heterocycles. The summed E-state index contributed by atoms with van der Waals surface area (Å²) in [6.07, 6.45) is 4.08. The van der Waals surface area contributed by atoms with Crippen molar-refractivity contribution in [2.45, 2.75) is 12.5 Å². The minimum atomic E-state index is -0.181. The number of nitrogens with two attached hydrogens (primary N) is 1. The quantitative estimate of drug-likeness (QED) is 0.851. The molecule has 1 aromatic heterocycles. The highest BCUT2D eigenvalue weighted by Crippen LogP contribution is 2.12. The van der Waals surface area contributed by atoms with Crippen LogP contribution in [0, 0.1) is 0 Å². The van der Waals surface area contributed by atoms with Crippen molar-refractivity contribution >= 4 is 0 Å². The van der Waals surface area contributed by atoms with Gasteiger partial charge in [-0.05, 0) is 18.2 Å². The molecule has 0 saturated carbocycles. The number of para-hydroxylation sites is 1. The Bertz CT molecular complexity index is 433. The zero-order chi connectivity index (χ0) is 11.9. The third kappa shape index (κ3) is 3.53. The molecule has 0 bridgehead atoms. The molecule has 0 aliphatic rings. The number of rotatable bonds is 5. The molecule has 88 valence electrons. The van der Waals surface area contributed by atoms with Crippen LogP contribution in [0.25, 0.3) is 0 Å². The molecule has 2 N–H and O–H groups in total. The van der Waals surface area contributed by atoms with Crippen LogP contribution in [0.3, 0.4) is 0 Å². The van der Waals surface area contributed by atoms with Gasteiger partial charge in [0.05, 0.1) is 12.6 Å². The average Bonchev–Trinajstić information content (AvgIpc) is 2.41. The SMILES string of the molecule is NC(CCOc1ccccc1)c1ncccn1. The summed E-state index contributed by atoms with van der Waals surface area (Å²) in [5.41, 5.74) is 5.95. The highest BCUT2D eigenvalue weighted by molar-refractivity contribution is 5.20. The Balaban J connectivity index is 1.79. The van der Waals surface area contributed by atoms with Gasteiger partial charge in [0.15, 0.2) is 0 Å². The monoisotopic (exact) mass is 229 g/mol. The van der Waals surface area contributed by atoms with Crippen LogP contribution in [0.15, 0.2) is 48.8 Å². The molecule has 4 nitrogen and oxygen atoms in total. The molecule has 4 heteroatoms. The fourth-order valence-corrected chi connectivity index (χ4v) is 1.45. The summed E-state index contributed by atoms with van der Waals surface area (Å²) in [5.74, 6) is 1.51. The molecule has 0 aliphatic heterocycles. The molecule has 0 aliphatic carbocycles. The zero-order valence-electron chi connectivity index (χ0n) is 9.49. The first kappa shape index (κ1) is 11.5. The van der Waals surface area contributed by atoms with E-state index in [1.54, 1.807) is 18.5 Å². The van der Waals surface area contributed by atoms with Gasteiger partial charge < -0.3 is 10.5 Å². The third-order valence-electron chi connectivity index (χ3n) is 2.36. The van der Waals surface area contributed by atoms with Crippen molar-refractivity contribution in [1.82, 2.24) is 9.97 Å². The fraction of sp³-hybridized carbons (Fsp3) is 0.231. The van der Waals surface area contributed by atoms with Crippen LogP contribution in [0.5, 0.6) is 5.75 Å². The fourth-order valence-electron chi connectivity index (χ4n) is 1.45. The van der Waals surface area contributed by atoms with Crippen molar-refractivity contribution in [2.75, 3.05) is 6.61 Å². The van der Waals surface area contributed by atoms with Crippen LogP contribution in [-0.4, -0.2) is 16.6 Å². The van der Waals surface area contributed by atoms with E-state index in [0.717, 1.165) is 5.75 Å². The first-order chi connectivity index (χ1) is 8.36. The number of benzene rings is 1. The van der Waals surface area contributed by atoms with Crippen LogP contribution < -0.4 is 10.5 Å². The largest absolute Gasteiger partial charge is 0.494 e. The van der Waals surface area contributed by atoms with Gasteiger partial charge in [0, 0.05) is 18.8 Å². The topological polar surface area (TPSA) is 61.0 Å². The lowest BCUT2D eigenvalue weighted by Gasteiger charge is -2.10. The molecule has 1 aromatic carbocycles. The number of nitrogens with zero attached hydrogens (tertiary/aromatic N) is 2. The Kier molecular flexibility index (Phi) is 4.05. The highest BCUT2D eigenvalue weighted by Gasteiger charge is 2.08. The second kappa shape index (κ2) is 5.96. The Labute approximate surface area is 100 Å². The minimum absolute atomic E-state index is 0.181. The zero-order valence-corrected chi connectivity index (χ0v) is 9.49.